The number of aromatic amines is 2. The van der Waals surface area contributed by atoms with Crippen LogP contribution in [0.2, 0.25) is 0 Å². The lowest BCUT2D eigenvalue weighted by Crippen LogP contribution is -2.23. The molecule has 0 bridgehead atoms. The molecule has 6 nitrogen and oxygen atoms in total. The van der Waals surface area contributed by atoms with Crippen LogP contribution in [0.3, 0.4) is 0 Å². The maximum Gasteiger partial charge on any atom is 0.325 e. The first-order chi connectivity index (χ1) is 13.0. The summed E-state index contributed by atoms with van der Waals surface area (Å²) >= 11 is 0. The Hall–Kier alpha value is -3.46. The maximum atomic E-state index is 12.0. The van der Waals surface area contributed by atoms with Crippen molar-refractivity contribution in [3.63, 3.8) is 0 Å². The number of benzene rings is 1. The van der Waals surface area contributed by atoms with Gasteiger partial charge in [0.05, 0.1) is 11.3 Å². The van der Waals surface area contributed by atoms with Crippen LogP contribution >= 0.6 is 0 Å². The number of rotatable bonds is 2. The number of aromatic nitrogens is 4. The molecule has 1 aromatic carbocycles. The summed E-state index contributed by atoms with van der Waals surface area (Å²) in [5.74, 6) is 7.13. The fraction of sp³-hybridized carbons (Fsp3) is 0.238. The molecule has 27 heavy (non-hydrogen) atoms. The summed E-state index contributed by atoms with van der Waals surface area (Å²) < 4.78 is 0. The molecule has 0 radical (unpaired) electrons. The van der Waals surface area contributed by atoms with Gasteiger partial charge in [-0.2, -0.15) is 5.10 Å². The minimum Gasteiger partial charge on any atom is -0.313 e. The van der Waals surface area contributed by atoms with Crippen LogP contribution in [0, 0.1) is 31.6 Å². The molecule has 3 aromatic rings. The normalized spacial score (nSPS) is 17.9. The Balaban J connectivity index is 1.59. The van der Waals surface area contributed by atoms with E-state index in [0.29, 0.717) is 17.2 Å². The Labute approximate surface area is 155 Å². The number of nitrogens with zero attached hydrogens (tertiary/aromatic N) is 2. The molecule has 2 atom stereocenters. The fourth-order valence-corrected chi connectivity index (χ4v) is 3.09. The molecule has 0 aliphatic heterocycles. The van der Waals surface area contributed by atoms with Crippen molar-refractivity contribution in [1.29, 1.82) is 0 Å². The second-order valence-electron chi connectivity index (χ2n) is 6.84. The number of hydrogen-bond acceptors (Lipinski definition) is 4. The van der Waals surface area contributed by atoms with Crippen molar-refractivity contribution in [3.05, 3.63) is 79.8 Å². The van der Waals surface area contributed by atoms with E-state index < -0.39 is 11.2 Å². The van der Waals surface area contributed by atoms with Crippen LogP contribution in [0.1, 0.15) is 34.7 Å². The van der Waals surface area contributed by atoms with Crippen LogP contribution in [-0.2, 0) is 0 Å². The lowest BCUT2D eigenvalue weighted by atomic mass is 10.1. The van der Waals surface area contributed by atoms with E-state index >= 15 is 0 Å². The van der Waals surface area contributed by atoms with Crippen molar-refractivity contribution in [2.75, 3.05) is 0 Å². The van der Waals surface area contributed by atoms with Crippen LogP contribution in [0.4, 0.5) is 0 Å². The average molecular weight is 358 g/mol. The van der Waals surface area contributed by atoms with Crippen molar-refractivity contribution in [3.8, 4) is 23.1 Å². The Morgan fingerprint density at radius 3 is 2.63 bits per heavy atom. The van der Waals surface area contributed by atoms with E-state index in [1.54, 1.807) is 0 Å². The Kier molecular flexibility index (Phi) is 4.21. The Morgan fingerprint density at radius 1 is 1.11 bits per heavy atom. The van der Waals surface area contributed by atoms with Crippen molar-refractivity contribution in [2.24, 2.45) is 5.92 Å². The molecule has 1 aliphatic carbocycles. The highest BCUT2D eigenvalue weighted by Gasteiger charge is 2.38. The minimum absolute atomic E-state index is 0.274. The van der Waals surface area contributed by atoms with Crippen LogP contribution in [-0.4, -0.2) is 20.2 Å². The number of hydrogen-bond donors (Lipinski definition) is 2. The minimum atomic E-state index is -0.544. The van der Waals surface area contributed by atoms with Gasteiger partial charge in [0.15, 0.2) is 0 Å². The molecule has 0 amide bonds. The van der Waals surface area contributed by atoms with Gasteiger partial charge in [0.25, 0.3) is 5.56 Å². The van der Waals surface area contributed by atoms with Gasteiger partial charge >= 0.3 is 5.69 Å². The Morgan fingerprint density at radius 2 is 1.89 bits per heavy atom. The maximum absolute atomic E-state index is 12.0. The van der Waals surface area contributed by atoms with Gasteiger partial charge in [0.2, 0.25) is 0 Å². The predicted octanol–water partition coefficient (Wildman–Crippen LogP) is 2.29. The summed E-state index contributed by atoms with van der Waals surface area (Å²) in [4.78, 5) is 27.9. The SMILES string of the molecule is Cc1ccc(C#C[C@H]2C[C@@H]2c2cc(-c3c[nH]c(=O)[nH]c3=O)nnc2C)cc1. The quantitative estimate of drug-likeness (QED) is 0.688. The highest BCUT2D eigenvalue weighted by atomic mass is 16.2. The van der Waals surface area contributed by atoms with Crippen LogP contribution in [0.5, 0.6) is 0 Å². The van der Waals surface area contributed by atoms with E-state index in [4.69, 9.17) is 0 Å². The third kappa shape index (κ3) is 3.58. The zero-order chi connectivity index (χ0) is 19.0. The molecular formula is C21H18N4O2. The largest absolute Gasteiger partial charge is 0.325 e. The average Bonchev–Trinajstić information content (AvgIpc) is 3.41. The lowest BCUT2D eigenvalue weighted by Gasteiger charge is -2.05. The summed E-state index contributed by atoms with van der Waals surface area (Å²) in [6.45, 7) is 3.96. The highest BCUT2D eigenvalue weighted by Crippen LogP contribution is 2.48. The summed E-state index contributed by atoms with van der Waals surface area (Å²) in [5.41, 5.74) is 3.84. The van der Waals surface area contributed by atoms with Gasteiger partial charge in [0.1, 0.15) is 5.69 Å². The highest BCUT2D eigenvalue weighted by molar-refractivity contribution is 5.58. The molecule has 1 saturated carbocycles. The summed E-state index contributed by atoms with van der Waals surface area (Å²) in [6.07, 6.45) is 2.33. The smallest absolute Gasteiger partial charge is 0.313 e. The van der Waals surface area contributed by atoms with E-state index in [1.165, 1.54) is 11.8 Å². The first-order valence-electron chi connectivity index (χ1n) is 8.76. The second kappa shape index (κ2) is 6.69. The molecule has 2 heterocycles. The van der Waals surface area contributed by atoms with Crippen LogP contribution in [0.25, 0.3) is 11.3 Å². The first kappa shape index (κ1) is 17.0. The molecule has 2 N–H and O–H groups in total. The number of H-pyrrole nitrogens is 2. The van der Waals surface area contributed by atoms with Crippen LogP contribution in [0.15, 0.2) is 46.1 Å². The molecule has 4 rings (SSSR count). The van der Waals surface area contributed by atoms with E-state index in [0.717, 1.165) is 23.2 Å². The zero-order valence-corrected chi connectivity index (χ0v) is 15.0. The van der Waals surface area contributed by atoms with E-state index in [1.807, 2.05) is 25.1 Å². The Bertz CT molecular complexity index is 1180. The van der Waals surface area contributed by atoms with E-state index in [-0.39, 0.29) is 5.92 Å². The van der Waals surface area contributed by atoms with Crippen molar-refractivity contribution in [2.45, 2.75) is 26.2 Å². The van der Waals surface area contributed by atoms with Gasteiger partial charge in [-0.1, -0.05) is 29.5 Å². The van der Waals surface area contributed by atoms with Gasteiger partial charge < -0.3 is 4.98 Å². The van der Waals surface area contributed by atoms with Gasteiger partial charge in [-0.15, -0.1) is 5.10 Å². The van der Waals surface area contributed by atoms with Crippen molar-refractivity contribution in [1.82, 2.24) is 20.2 Å². The molecule has 0 spiro atoms. The van der Waals surface area contributed by atoms with Gasteiger partial charge in [-0.3, -0.25) is 9.78 Å². The van der Waals surface area contributed by atoms with E-state index in [2.05, 4.69) is 51.1 Å². The van der Waals surface area contributed by atoms with Gasteiger partial charge in [-0.25, -0.2) is 4.79 Å². The summed E-state index contributed by atoms with van der Waals surface area (Å²) in [6, 6.07) is 10.0. The molecule has 6 heteroatoms. The molecule has 134 valence electrons. The molecule has 1 fully saturated rings. The summed E-state index contributed by atoms with van der Waals surface area (Å²) in [7, 11) is 0. The van der Waals surface area contributed by atoms with Crippen molar-refractivity contribution < 1.29 is 0 Å². The lowest BCUT2D eigenvalue weighted by molar-refractivity contribution is 0.912. The van der Waals surface area contributed by atoms with E-state index in [9.17, 15) is 9.59 Å². The third-order valence-electron chi connectivity index (χ3n) is 4.76. The number of nitrogens with one attached hydrogen (secondary N) is 2. The predicted molar refractivity (Wildman–Crippen MR) is 102 cm³/mol. The van der Waals surface area contributed by atoms with Crippen molar-refractivity contribution >= 4 is 0 Å². The molecular weight excluding hydrogens is 340 g/mol. The standard InChI is InChI=1S/C21H18N4O2/c1-12-3-5-14(6-4-12)7-8-15-9-17(15)16-10-19(25-24-13(16)2)18-11-22-21(27)23-20(18)26/h3-6,10-11,15,17H,9H2,1-2H3,(H2,22,23,26,27)/t15-,17-/m0/s1. The zero-order valence-electron chi connectivity index (χ0n) is 15.0. The van der Waals surface area contributed by atoms with Crippen LogP contribution < -0.4 is 11.2 Å². The summed E-state index contributed by atoms with van der Waals surface area (Å²) in [5, 5.41) is 8.31. The fourth-order valence-electron chi connectivity index (χ4n) is 3.09. The monoisotopic (exact) mass is 358 g/mol. The topological polar surface area (TPSA) is 91.5 Å². The first-order valence-corrected chi connectivity index (χ1v) is 8.76. The van der Waals surface area contributed by atoms with Gasteiger partial charge in [-0.05, 0) is 44.0 Å². The molecule has 0 unspecified atom stereocenters. The number of aryl methyl sites for hydroxylation is 2. The molecule has 1 aliphatic rings. The second-order valence-corrected chi connectivity index (χ2v) is 6.84. The molecule has 0 saturated heterocycles. The third-order valence-corrected chi connectivity index (χ3v) is 4.76. The van der Waals surface area contributed by atoms with Gasteiger partial charge in [0, 0.05) is 23.6 Å². The molecule has 2 aromatic heterocycles.